The van der Waals surface area contributed by atoms with Crippen LogP contribution in [-0.4, -0.2) is 38.5 Å². The van der Waals surface area contributed by atoms with Gasteiger partial charge in [0.15, 0.2) is 16.3 Å². The van der Waals surface area contributed by atoms with Crippen molar-refractivity contribution in [2.75, 3.05) is 27.9 Å². The molecule has 0 saturated carbocycles. The van der Waals surface area contributed by atoms with Crippen LogP contribution in [0.1, 0.15) is 36.6 Å². The molecule has 0 saturated heterocycles. The minimum absolute atomic E-state index is 0.154. The second-order valence-electron chi connectivity index (χ2n) is 9.84. The molecule has 0 amide bonds. The van der Waals surface area contributed by atoms with E-state index in [9.17, 15) is 9.59 Å². The number of nitrogens with zero attached hydrogens (tertiary/aromatic N) is 2. The summed E-state index contributed by atoms with van der Waals surface area (Å²) in [6.07, 6.45) is 1.75. The minimum Gasteiger partial charge on any atom is -0.493 e. The number of fused-ring (bicyclic) bond motifs is 1. The second kappa shape index (κ2) is 13.8. The van der Waals surface area contributed by atoms with Gasteiger partial charge in [0.1, 0.15) is 12.4 Å². The van der Waals surface area contributed by atoms with Crippen LogP contribution < -0.4 is 33.8 Å². The number of para-hydroxylation sites is 1. The Bertz CT molecular complexity index is 1960. The standard InChI is InChI=1S/C33H30Cl2N2O7S/c1-6-43-32(39)28-18(2)36-33-37(29(28)21-14-25(40-3)30(42-5)26(15-21)41-4)31(38)27(45-33)16-20-9-7-8-10-24(20)44-17-19-11-12-22(34)23(35)13-19/h7-16,29H,6,17H2,1-5H3/b27-16-/t29-/m0/s1. The monoisotopic (exact) mass is 668 g/mol. The summed E-state index contributed by atoms with van der Waals surface area (Å²) in [5, 5.41) is 0.897. The molecule has 4 aromatic rings. The van der Waals surface area contributed by atoms with Crippen molar-refractivity contribution in [1.29, 1.82) is 0 Å². The van der Waals surface area contributed by atoms with Gasteiger partial charge in [-0.2, -0.15) is 0 Å². The molecule has 0 bridgehead atoms. The number of hydrogen-bond acceptors (Lipinski definition) is 9. The molecule has 1 atom stereocenters. The Morgan fingerprint density at radius 2 is 1.69 bits per heavy atom. The fourth-order valence-electron chi connectivity index (χ4n) is 5.03. The molecule has 0 radical (unpaired) electrons. The summed E-state index contributed by atoms with van der Waals surface area (Å²) in [4.78, 5) is 32.6. The van der Waals surface area contributed by atoms with Gasteiger partial charge in [-0.05, 0) is 61.4 Å². The number of thiazole rings is 1. The van der Waals surface area contributed by atoms with Crippen LogP contribution in [0, 0.1) is 0 Å². The van der Waals surface area contributed by atoms with E-state index in [1.807, 2.05) is 30.3 Å². The second-order valence-corrected chi connectivity index (χ2v) is 11.7. The van der Waals surface area contributed by atoms with Gasteiger partial charge in [0, 0.05) is 5.56 Å². The number of carbonyl (C=O) groups is 1. The van der Waals surface area contributed by atoms with Crippen LogP contribution >= 0.6 is 34.5 Å². The largest absolute Gasteiger partial charge is 0.493 e. The van der Waals surface area contributed by atoms with Crippen LogP contribution in [0.4, 0.5) is 0 Å². The van der Waals surface area contributed by atoms with Gasteiger partial charge in [-0.25, -0.2) is 9.79 Å². The number of ether oxygens (including phenoxy) is 5. The summed E-state index contributed by atoms with van der Waals surface area (Å²) >= 11 is 13.4. The topological polar surface area (TPSA) is 97.6 Å². The zero-order valence-corrected chi connectivity index (χ0v) is 27.5. The van der Waals surface area contributed by atoms with E-state index < -0.39 is 12.0 Å². The summed E-state index contributed by atoms with van der Waals surface area (Å²) in [5.74, 6) is 1.12. The Labute approximate surface area is 273 Å². The van der Waals surface area contributed by atoms with Crippen molar-refractivity contribution in [3.05, 3.63) is 112 Å². The average Bonchev–Trinajstić information content (AvgIpc) is 3.34. The molecule has 1 aliphatic rings. The van der Waals surface area contributed by atoms with E-state index in [0.29, 0.717) is 59.2 Å². The maximum Gasteiger partial charge on any atom is 0.338 e. The molecule has 0 fully saturated rings. The van der Waals surface area contributed by atoms with Crippen LogP contribution in [0.2, 0.25) is 10.0 Å². The van der Waals surface area contributed by atoms with Crippen molar-refractivity contribution in [3.63, 3.8) is 0 Å². The first-order valence-corrected chi connectivity index (χ1v) is 15.4. The van der Waals surface area contributed by atoms with Gasteiger partial charge in [-0.3, -0.25) is 9.36 Å². The van der Waals surface area contributed by atoms with E-state index in [4.69, 9.17) is 46.9 Å². The smallest absolute Gasteiger partial charge is 0.338 e. The zero-order valence-electron chi connectivity index (χ0n) is 25.2. The average molecular weight is 670 g/mol. The highest BCUT2D eigenvalue weighted by Gasteiger charge is 2.34. The van der Waals surface area contributed by atoms with Crippen LogP contribution in [-0.2, 0) is 16.1 Å². The van der Waals surface area contributed by atoms with Gasteiger partial charge in [0.25, 0.3) is 5.56 Å². The first-order valence-electron chi connectivity index (χ1n) is 13.9. The van der Waals surface area contributed by atoms with Crippen LogP contribution in [0.25, 0.3) is 6.08 Å². The summed E-state index contributed by atoms with van der Waals surface area (Å²) in [7, 11) is 4.51. The van der Waals surface area contributed by atoms with E-state index >= 15 is 0 Å². The van der Waals surface area contributed by atoms with E-state index in [2.05, 4.69) is 4.99 Å². The number of hydrogen-bond donors (Lipinski definition) is 0. The summed E-state index contributed by atoms with van der Waals surface area (Å²) in [6.45, 7) is 3.84. The Kier molecular flexibility index (Phi) is 9.86. The summed E-state index contributed by atoms with van der Waals surface area (Å²) in [6, 6.07) is 15.2. The van der Waals surface area contributed by atoms with E-state index in [-0.39, 0.29) is 24.3 Å². The Hall–Kier alpha value is -4.25. The predicted octanol–water partition coefficient (Wildman–Crippen LogP) is 5.71. The number of halogens is 2. The lowest BCUT2D eigenvalue weighted by Crippen LogP contribution is -2.40. The molecule has 234 valence electrons. The normalized spacial score (nSPS) is 14.5. The quantitative estimate of drug-likeness (QED) is 0.200. The lowest BCUT2D eigenvalue weighted by atomic mass is 9.95. The van der Waals surface area contributed by atoms with E-state index in [1.54, 1.807) is 44.2 Å². The number of aromatic nitrogens is 1. The number of methoxy groups -OCH3 is 3. The molecular formula is C33H30Cl2N2O7S. The number of benzene rings is 3. The Morgan fingerprint density at radius 1 is 0.978 bits per heavy atom. The highest BCUT2D eigenvalue weighted by Crippen LogP contribution is 2.42. The highest BCUT2D eigenvalue weighted by molar-refractivity contribution is 7.07. The third kappa shape index (κ3) is 6.45. The molecule has 0 unspecified atom stereocenters. The van der Waals surface area contributed by atoms with Crippen molar-refractivity contribution in [2.24, 2.45) is 4.99 Å². The van der Waals surface area contributed by atoms with Gasteiger partial charge >= 0.3 is 5.97 Å². The third-order valence-corrected chi connectivity index (χ3v) is 8.83. The van der Waals surface area contributed by atoms with Gasteiger partial charge in [-0.15, -0.1) is 0 Å². The summed E-state index contributed by atoms with van der Waals surface area (Å²) in [5.41, 5.74) is 2.41. The SMILES string of the molecule is CCOC(=O)C1=C(C)N=c2s/c(=C\c3ccccc3OCc3ccc(Cl)c(Cl)c3)c(=O)n2[C@H]1c1cc(OC)c(OC)c(OC)c1. The highest BCUT2D eigenvalue weighted by atomic mass is 35.5. The number of allylic oxidation sites excluding steroid dienone is 1. The van der Waals surface area contributed by atoms with Crippen molar-refractivity contribution in [2.45, 2.75) is 26.5 Å². The van der Waals surface area contributed by atoms with E-state index in [0.717, 1.165) is 5.56 Å². The molecule has 12 heteroatoms. The molecule has 3 aromatic carbocycles. The van der Waals surface area contributed by atoms with E-state index in [1.165, 1.54) is 37.2 Å². The van der Waals surface area contributed by atoms with Crippen LogP contribution in [0.15, 0.2) is 75.7 Å². The third-order valence-electron chi connectivity index (χ3n) is 7.10. The molecule has 1 aliphatic heterocycles. The molecule has 0 aliphatic carbocycles. The van der Waals surface area contributed by atoms with Crippen molar-refractivity contribution in [1.82, 2.24) is 4.57 Å². The molecule has 9 nitrogen and oxygen atoms in total. The van der Waals surface area contributed by atoms with Crippen LogP contribution in [0.5, 0.6) is 23.0 Å². The van der Waals surface area contributed by atoms with Crippen LogP contribution in [0.3, 0.4) is 0 Å². The number of esters is 1. The number of carbonyl (C=O) groups excluding carboxylic acids is 1. The van der Waals surface area contributed by atoms with Gasteiger partial charge in [0.05, 0.1) is 59.8 Å². The van der Waals surface area contributed by atoms with Crippen molar-refractivity contribution < 1.29 is 28.5 Å². The van der Waals surface area contributed by atoms with Gasteiger partial charge in [-0.1, -0.05) is 58.8 Å². The molecule has 0 N–H and O–H groups in total. The van der Waals surface area contributed by atoms with Gasteiger partial charge in [0.2, 0.25) is 5.75 Å². The summed E-state index contributed by atoms with van der Waals surface area (Å²) < 4.78 is 30.1. The fraction of sp³-hybridized carbons (Fsp3) is 0.242. The molecular weight excluding hydrogens is 639 g/mol. The molecule has 0 spiro atoms. The zero-order chi connectivity index (χ0) is 32.2. The lowest BCUT2D eigenvalue weighted by Gasteiger charge is -2.26. The fourth-order valence-corrected chi connectivity index (χ4v) is 6.39. The molecule has 5 rings (SSSR count). The van der Waals surface area contributed by atoms with Gasteiger partial charge < -0.3 is 23.7 Å². The first kappa shape index (κ1) is 32.2. The Balaban J connectivity index is 1.64. The maximum atomic E-state index is 14.2. The first-order chi connectivity index (χ1) is 21.7. The maximum absolute atomic E-state index is 14.2. The van der Waals surface area contributed by atoms with Crippen molar-refractivity contribution >= 4 is 46.6 Å². The van der Waals surface area contributed by atoms with Crippen molar-refractivity contribution in [3.8, 4) is 23.0 Å². The Morgan fingerprint density at radius 3 is 2.33 bits per heavy atom. The predicted molar refractivity (Wildman–Crippen MR) is 174 cm³/mol. The molecule has 45 heavy (non-hydrogen) atoms. The number of rotatable bonds is 10. The molecule has 2 heterocycles. The minimum atomic E-state index is -0.877. The lowest BCUT2D eigenvalue weighted by molar-refractivity contribution is -0.139. The molecule has 1 aromatic heterocycles.